The van der Waals surface area contributed by atoms with Crippen molar-refractivity contribution in [1.29, 1.82) is 0 Å². The smallest absolute Gasteiger partial charge is 0.258 e. The number of fused-ring (bicyclic) bond motifs is 1. The van der Waals surface area contributed by atoms with Gasteiger partial charge in [-0.2, -0.15) is 0 Å². The second-order valence-electron chi connectivity index (χ2n) is 6.75. The van der Waals surface area contributed by atoms with Crippen LogP contribution in [0, 0.1) is 5.82 Å². The quantitative estimate of drug-likeness (QED) is 0.473. The number of benzene rings is 3. The summed E-state index contributed by atoms with van der Waals surface area (Å²) in [6, 6.07) is 20.9. The van der Waals surface area contributed by atoms with Crippen LogP contribution in [0.1, 0.15) is 11.4 Å². The summed E-state index contributed by atoms with van der Waals surface area (Å²) < 4.78 is 20.7. The van der Waals surface area contributed by atoms with E-state index in [4.69, 9.17) is 16.3 Å². The van der Waals surface area contributed by atoms with E-state index in [-0.39, 0.29) is 24.9 Å². The van der Waals surface area contributed by atoms with E-state index in [2.05, 4.69) is 10.3 Å². The van der Waals surface area contributed by atoms with Crippen LogP contribution in [-0.4, -0.2) is 22.1 Å². The molecule has 0 aliphatic heterocycles. The number of nitrogens with zero attached hydrogens (tertiary/aromatic N) is 2. The third-order valence-corrected chi connectivity index (χ3v) is 4.87. The van der Waals surface area contributed by atoms with Crippen molar-refractivity contribution in [3.05, 3.63) is 95.0 Å². The van der Waals surface area contributed by atoms with Gasteiger partial charge in [0.1, 0.15) is 17.4 Å². The first-order valence-electron chi connectivity index (χ1n) is 9.42. The summed E-state index contributed by atoms with van der Waals surface area (Å²) in [4.78, 5) is 16.9. The van der Waals surface area contributed by atoms with Crippen molar-refractivity contribution < 1.29 is 13.9 Å². The Morgan fingerprint density at radius 1 is 1.03 bits per heavy atom. The molecule has 5 nitrogen and oxygen atoms in total. The Labute approximate surface area is 178 Å². The van der Waals surface area contributed by atoms with E-state index in [1.54, 1.807) is 36.4 Å². The Kier molecular flexibility index (Phi) is 5.95. The van der Waals surface area contributed by atoms with Crippen LogP contribution in [0.4, 0.5) is 4.39 Å². The number of para-hydroxylation sites is 2. The van der Waals surface area contributed by atoms with Gasteiger partial charge in [0.25, 0.3) is 5.91 Å². The molecule has 0 atom stereocenters. The highest BCUT2D eigenvalue weighted by Crippen LogP contribution is 2.19. The molecule has 1 amide bonds. The number of carbonyl (C=O) groups excluding carboxylic acids is 1. The maximum absolute atomic E-state index is 13.2. The number of hydrogen-bond acceptors (Lipinski definition) is 3. The van der Waals surface area contributed by atoms with Crippen LogP contribution in [0.2, 0.25) is 5.02 Å². The lowest BCUT2D eigenvalue weighted by Crippen LogP contribution is -2.29. The topological polar surface area (TPSA) is 56.1 Å². The van der Waals surface area contributed by atoms with Crippen molar-refractivity contribution in [2.45, 2.75) is 13.1 Å². The zero-order chi connectivity index (χ0) is 20.9. The first-order valence-corrected chi connectivity index (χ1v) is 9.80. The van der Waals surface area contributed by atoms with Crippen molar-refractivity contribution >= 4 is 28.5 Å². The van der Waals surface area contributed by atoms with Crippen LogP contribution in [0.5, 0.6) is 5.75 Å². The van der Waals surface area contributed by atoms with E-state index < -0.39 is 0 Å². The maximum atomic E-state index is 13.2. The zero-order valence-corrected chi connectivity index (χ0v) is 16.8. The van der Waals surface area contributed by atoms with E-state index in [0.717, 1.165) is 16.6 Å². The number of ether oxygens (including phenoxy) is 1. The largest absolute Gasteiger partial charge is 0.484 e. The van der Waals surface area contributed by atoms with Gasteiger partial charge in [-0.15, -0.1) is 0 Å². The minimum atomic E-state index is -0.276. The number of hydrogen-bond donors (Lipinski definition) is 1. The van der Waals surface area contributed by atoms with E-state index in [1.807, 2.05) is 28.8 Å². The minimum Gasteiger partial charge on any atom is -0.484 e. The first kappa shape index (κ1) is 19.9. The first-order chi connectivity index (χ1) is 14.6. The molecule has 1 aromatic heterocycles. The fourth-order valence-electron chi connectivity index (χ4n) is 3.12. The standard InChI is InChI=1S/C23H19ClFN3O2/c24-17-7-11-19(12-8-17)30-15-23(29)26-13-22-27-20-3-1-2-4-21(20)28(22)14-16-5-9-18(25)10-6-16/h1-12H,13-15H2,(H,26,29). The summed E-state index contributed by atoms with van der Waals surface area (Å²) in [6.07, 6.45) is 0. The number of aromatic nitrogens is 2. The third kappa shape index (κ3) is 4.78. The molecule has 0 spiro atoms. The molecule has 0 aliphatic carbocycles. The number of halogens is 2. The van der Waals surface area contributed by atoms with Crippen molar-refractivity contribution in [2.24, 2.45) is 0 Å². The average molecular weight is 424 g/mol. The molecule has 0 fully saturated rings. The third-order valence-electron chi connectivity index (χ3n) is 4.61. The van der Waals surface area contributed by atoms with Crippen LogP contribution < -0.4 is 10.1 Å². The monoisotopic (exact) mass is 423 g/mol. The second kappa shape index (κ2) is 8.97. The number of nitrogens with one attached hydrogen (secondary N) is 1. The average Bonchev–Trinajstić information content (AvgIpc) is 3.11. The minimum absolute atomic E-state index is 0.111. The number of amides is 1. The second-order valence-corrected chi connectivity index (χ2v) is 7.19. The van der Waals surface area contributed by atoms with E-state index >= 15 is 0 Å². The highest BCUT2D eigenvalue weighted by atomic mass is 35.5. The number of rotatable bonds is 7. The van der Waals surface area contributed by atoms with Gasteiger partial charge in [-0.3, -0.25) is 4.79 Å². The van der Waals surface area contributed by atoms with Gasteiger partial charge in [0.15, 0.2) is 6.61 Å². The van der Waals surface area contributed by atoms with Gasteiger partial charge in [0, 0.05) is 11.6 Å². The molecular weight excluding hydrogens is 405 g/mol. The summed E-state index contributed by atoms with van der Waals surface area (Å²) in [6.45, 7) is 0.659. The Bertz CT molecular complexity index is 1160. The summed E-state index contributed by atoms with van der Waals surface area (Å²) in [5, 5.41) is 3.45. The molecular formula is C23H19ClFN3O2. The number of imidazole rings is 1. The molecule has 4 aromatic rings. The molecule has 0 saturated heterocycles. The van der Waals surface area contributed by atoms with E-state index in [1.165, 1.54) is 12.1 Å². The van der Waals surface area contributed by atoms with Crippen LogP contribution in [0.3, 0.4) is 0 Å². The fraction of sp³-hybridized carbons (Fsp3) is 0.130. The molecule has 4 rings (SSSR count). The maximum Gasteiger partial charge on any atom is 0.258 e. The molecule has 0 radical (unpaired) electrons. The van der Waals surface area contributed by atoms with Gasteiger partial charge in [0.05, 0.1) is 17.6 Å². The predicted octanol–water partition coefficient (Wildman–Crippen LogP) is 4.57. The fourth-order valence-corrected chi connectivity index (χ4v) is 3.24. The predicted molar refractivity (Wildman–Crippen MR) is 114 cm³/mol. The Morgan fingerprint density at radius 3 is 2.53 bits per heavy atom. The van der Waals surface area contributed by atoms with Crippen LogP contribution >= 0.6 is 11.6 Å². The molecule has 30 heavy (non-hydrogen) atoms. The van der Waals surface area contributed by atoms with Crippen LogP contribution in [0.25, 0.3) is 11.0 Å². The van der Waals surface area contributed by atoms with Gasteiger partial charge in [-0.25, -0.2) is 9.37 Å². The Morgan fingerprint density at radius 2 is 1.77 bits per heavy atom. The van der Waals surface area contributed by atoms with Crippen LogP contribution in [0.15, 0.2) is 72.8 Å². The molecule has 0 unspecified atom stereocenters. The molecule has 0 saturated carbocycles. The summed E-state index contributed by atoms with van der Waals surface area (Å²) in [7, 11) is 0. The van der Waals surface area contributed by atoms with E-state index in [0.29, 0.717) is 23.1 Å². The van der Waals surface area contributed by atoms with Crippen molar-refractivity contribution in [2.75, 3.05) is 6.61 Å². The van der Waals surface area contributed by atoms with E-state index in [9.17, 15) is 9.18 Å². The summed E-state index contributed by atoms with van der Waals surface area (Å²) in [5.41, 5.74) is 2.72. The lowest BCUT2D eigenvalue weighted by atomic mass is 10.2. The summed E-state index contributed by atoms with van der Waals surface area (Å²) in [5.74, 6) is 0.742. The van der Waals surface area contributed by atoms with Gasteiger partial charge in [-0.05, 0) is 54.1 Å². The molecule has 152 valence electrons. The Balaban J connectivity index is 1.45. The SMILES string of the molecule is O=C(COc1ccc(Cl)cc1)NCc1nc2ccccc2n1Cc1ccc(F)cc1. The Hall–Kier alpha value is -3.38. The van der Waals surface area contributed by atoms with Gasteiger partial charge in [-0.1, -0.05) is 35.9 Å². The van der Waals surface area contributed by atoms with Gasteiger partial charge in [0.2, 0.25) is 0 Å². The molecule has 1 N–H and O–H groups in total. The van der Waals surface area contributed by atoms with Crippen molar-refractivity contribution in [3.8, 4) is 5.75 Å². The zero-order valence-electron chi connectivity index (χ0n) is 16.0. The van der Waals surface area contributed by atoms with Crippen molar-refractivity contribution in [3.63, 3.8) is 0 Å². The lowest BCUT2D eigenvalue weighted by molar-refractivity contribution is -0.123. The highest BCUT2D eigenvalue weighted by molar-refractivity contribution is 6.30. The van der Waals surface area contributed by atoms with Gasteiger partial charge < -0.3 is 14.6 Å². The molecule has 1 heterocycles. The highest BCUT2D eigenvalue weighted by Gasteiger charge is 2.12. The molecule has 3 aromatic carbocycles. The van der Waals surface area contributed by atoms with Gasteiger partial charge >= 0.3 is 0 Å². The molecule has 0 aliphatic rings. The molecule has 0 bridgehead atoms. The summed E-state index contributed by atoms with van der Waals surface area (Å²) >= 11 is 5.84. The normalized spacial score (nSPS) is 10.9. The van der Waals surface area contributed by atoms with Crippen LogP contribution in [-0.2, 0) is 17.9 Å². The molecule has 7 heteroatoms. The number of carbonyl (C=O) groups is 1. The van der Waals surface area contributed by atoms with Crippen molar-refractivity contribution in [1.82, 2.24) is 14.9 Å². The lowest BCUT2D eigenvalue weighted by Gasteiger charge is -2.11.